The van der Waals surface area contributed by atoms with Crippen molar-refractivity contribution in [3.63, 3.8) is 0 Å². The van der Waals surface area contributed by atoms with Crippen LogP contribution in [0.15, 0.2) is 45.9 Å². The maximum atomic E-state index is 3.34. The van der Waals surface area contributed by atoms with Gasteiger partial charge in [-0.3, -0.25) is 0 Å². The highest BCUT2D eigenvalue weighted by Gasteiger charge is 1.85. The molecule has 0 radical (unpaired) electrons. The van der Waals surface area contributed by atoms with Gasteiger partial charge in [0.1, 0.15) is 0 Å². The first-order valence-corrected chi connectivity index (χ1v) is 6.81. The number of rotatable bonds is 7. The second-order valence-electron chi connectivity index (χ2n) is 3.12. The van der Waals surface area contributed by atoms with E-state index in [4.69, 9.17) is 0 Å². The van der Waals surface area contributed by atoms with Crippen LogP contribution in [-0.2, 0) is 0 Å². The van der Waals surface area contributed by atoms with Crippen LogP contribution < -0.4 is 0 Å². The normalized spacial score (nSPS) is 11.9. The monoisotopic (exact) mass is 332 g/mol. The summed E-state index contributed by atoms with van der Waals surface area (Å²) in [7, 11) is 0. The van der Waals surface area contributed by atoms with E-state index in [-0.39, 0.29) is 0 Å². The zero-order valence-electron chi connectivity index (χ0n) is 9.13. The highest BCUT2D eigenvalue weighted by molar-refractivity contribution is 9.28. The van der Waals surface area contributed by atoms with Gasteiger partial charge >= 0.3 is 0 Å². The number of allylic oxidation sites excluding steroid dienone is 7. The molecule has 0 aliphatic rings. The lowest BCUT2D eigenvalue weighted by molar-refractivity contribution is 0.762. The molecule has 0 aromatic rings. The average Bonchev–Trinajstić information content (AvgIpc) is 2.20. The fourth-order valence-electron chi connectivity index (χ4n) is 1.03. The number of hydrogen-bond acceptors (Lipinski definition) is 0. The topological polar surface area (TPSA) is 0 Å². The molecule has 15 heavy (non-hydrogen) atoms. The molecule has 2 heteroatoms. The Balaban J connectivity index is 3.34. The van der Waals surface area contributed by atoms with E-state index >= 15 is 0 Å². The minimum Gasteiger partial charge on any atom is -0.0877 e. The van der Waals surface area contributed by atoms with Gasteiger partial charge in [-0.15, -0.1) is 0 Å². The Morgan fingerprint density at radius 2 is 1.60 bits per heavy atom. The third-order valence-electron chi connectivity index (χ3n) is 1.79. The Hall–Kier alpha value is -0.0800. The van der Waals surface area contributed by atoms with E-state index in [0.717, 1.165) is 16.2 Å². The van der Waals surface area contributed by atoms with E-state index in [1.165, 1.54) is 12.8 Å². The van der Waals surface area contributed by atoms with Crippen LogP contribution in [0, 0.1) is 0 Å². The molecule has 0 aromatic carbocycles. The minimum absolute atomic E-state index is 1.06. The van der Waals surface area contributed by atoms with Gasteiger partial charge in [0.05, 0.1) is 3.39 Å². The van der Waals surface area contributed by atoms with Gasteiger partial charge in [0.15, 0.2) is 0 Å². The second-order valence-corrected chi connectivity index (χ2v) is 5.89. The SMILES string of the molecule is C/C=C/C=C/C=C/CCCCC=C(Br)Br. The Morgan fingerprint density at radius 3 is 2.27 bits per heavy atom. The predicted octanol–water partition coefficient (Wildman–Crippen LogP) is 5.87. The summed E-state index contributed by atoms with van der Waals surface area (Å²) in [6.45, 7) is 2.02. The molecular formula is C13H18Br2. The fraction of sp³-hybridized carbons (Fsp3) is 0.385. The van der Waals surface area contributed by atoms with E-state index in [0.29, 0.717) is 0 Å². The molecule has 0 spiro atoms. The van der Waals surface area contributed by atoms with Gasteiger partial charge in [-0.1, -0.05) is 42.5 Å². The first-order chi connectivity index (χ1) is 7.27. The molecule has 0 nitrogen and oxygen atoms in total. The Bertz CT molecular complexity index is 243. The lowest BCUT2D eigenvalue weighted by Crippen LogP contribution is -1.72. The molecular weight excluding hydrogens is 316 g/mol. The van der Waals surface area contributed by atoms with Crippen molar-refractivity contribution in [2.45, 2.75) is 32.6 Å². The van der Waals surface area contributed by atoms with Crippen molar-refractivity contribution >= 4 is 31.9 Å². The molecule has 0 aromatic heterocycles. The number of hydrogen-bond donors (Lipinski definition) is 0. The van der Waals surface area contributed by atoms with Gasteiger partial charge in [-0.05, 0) is 64.5 Å². The fourth-order valence-corrected chi connectivity index (χ4v) is 1.49. The van der Waals surface area contributed by atoms with Gasteiger partial charge in [-0.25, -0.2) is 0 Å². The van der Waals surface area contributed by atoms with Crippen molar-refractivity contribution in [1.82, 2.24) is 0 Å². The molecule has 0 atom stereocenters. The lowest BCUT2D eigenvalue weighted by Gasteiger charge is -1.92. The summed E-state index contributed by atoms with van der Waals surface area (Å²) in [5.74, 6) is 0. The Kier molecular flexibility index (Phi) is 11.9. The van der Waals surface area contributed by atoms with E-state index in [9.17, 15) is 0 Å². The van der Waals surface area contributed by atoms with Crippen molar-refractivity contribution in [3.8, 4) is 0 Å². The van der Waals surface area contributed by atoms with E-state index in [2.05, 4.69) is 56.2 Å². The molecule has 0 amide bonds. The van der Waals surface area contributed by atoms with Crippen LogP contribution in [0.2, 0.25) is 0 Å². The summed E-state index contributed by atoms with van der Waals surface area (Å²) < 4.78 is 1.06. The van der Waals surface area contributed by atoms with Gasteiger partial charge in [0, 0.05) is 0 Å². The molecule has 84 valence electrons. The quantitative estimate of drug-likeness (QED) is 0.404. The smallest absolute Gasteiger partial charge is 0.0564 e. The van der Waals surface area contributed by atoms with Crippen molar-refractivity contribution in [3.05, 3.63) is 45.9 Å². The maximum absolute atomic E-state index is 3.34. The van der Waals surface area contributed by atoms with Crippen LogP contribution in [0.3, 0.4) is 0 Å². The summed E-state index contributed by atoms with van der Waals surface area (Å²) in [6.07, 6.45) is 19.4. The van der Waals surface area contributed by atoms with Crippen molar-refractivity contribution in [2.75, 3.05) is 0 Å². The Labute approximate surface area is 110 Å². The van der Waals surface area contributed by atoms with Crippen molar-refractivity contribution < 1.29 is 0 Å². The third kappa shape index (κ3) is 13.9. The first-order valence-electron chi connectivity index (χ1n) is 5.23. The Morgan fingerprint density at radius 1 is 0.933 bits per heavy atom. The van der Waals surface area contributed by atoms with Gasteiger partial charge in [-0.2, -0.15) is 0 Å². The van der Waals surface area contributed by atoms with Crippen LogP contribution in [0.5, 0.6) is 0 Å². The molecule has 0 rings (SSSR count). The molecule has 0 saturated carbocycles. The summed E-state index contributed by atoms with van der Waals surface area (Å²) in [5, 5.41) is 0. The highest BCUT2D eigenvalue weighted by Crippen LogP contribution is 2.15. The molecule has 0 N–H and O–H groups in total. The van der Waals surface area contributed by atoms with Crippen LogP contribution in [-0.4, -0.2) is 0 Å². The summed E-state index contributed by atoms with van der Waals surface area (Å²) in [4.78, 5) is 0. The summed E-state index contributed by atoms with van der Waals surface area (Å²) in [5.41, 5.74) is 0. The van der Waals surface area contributed by atoms with Crippen LogP contribution >= 0.6 is 31.9 Å². The zero-order valence-corrected chi connectivity index (χ0v) is 12.3. The van der Waals surface area contributed by atoms with Crippen LogP contribution in [0.4, 0.5) is 0 Å². The van der Waals surface area contributed by atoms with E-state index < -0.39 is 0 Å². The van der Waals surface area contributed by atoms with E-state index in [1.54, 1.807) is 0 Å². The predicted molar refractivity (Wildman–Crippen MR) is 77.5 cm³/mol. The lowest BCUT2D eigenvalue weighted by atomic mass is 10.2. The average molecular weight is 334 g/mol. The van der Waals surface area contributed by atoms with Gasteiger partial charge < -0.3 is 0 Å². The standard InChI is InChI=1S/C13H18Br2/c1-2-3-4-5-6-7-8-9-10-11-12-13(14)15/h2-7,12H,8-11H2,1H3/b3-2+,5-4+,7-6+. The van der Waals surface area contributed by atoms with Crippen molar-refractivity contribution in [1.29, 1.82) is 0 Å². The van der Waals surface area contributed by atoms with Gasteiger partial charge in [0.2, 0.25) is 0 Å². The van der Waals surface area contributed by atoms with Crippen LogP contribution in [0.1, 0.15) is 32.6 Å². The molecule has 0 bridgehead atoms. The zero-order chi connectivity index (χ0) is 11.4. The van der Waals surface area contributed by atoms with E-state index in [1.807, 2.05) is 25.2 Å². The number of halogens is 2. The first kappa shape index (κ1) is 14.9. The minimum atomic E-state index is 1.06. The summed E-state index contributed by atoms with van der Waals surface area (Å²) in [6, 6.07) is 0. The summed E-state index contributed by atoms with van der Waals surface area (Å²) >= 11 is 6.68. The highest BCUT2D eigenvalue weighted by atomic mass is 79.9. The van der Waals surface area contributed by atoms with Gasteiger partial charge in [0.25, 0.3) is 0 Å². The molecule has 0 aliphatic heterocycles. The maximum Gasteiger partial charge on any atom is 0.0564 e. The molecule has 0 fully saturated rings. The third-order valence-corrected chi connectivity index (χ3v) is 2.43. The molecule has 0 saturated heterocycles. The molecule has 0 heterocycles. The second kappa shape index (κ2) is 12.0. The molecule has 0 aliphatic carbocycles. The number of unbranched alkanes of at least 4 members (excludes halogenated alkanes) is 3. The molecule has 0 unspecified atom stereocenters. The largest absolute Gasteiger partial charge is 0.0877 e. The van der Waals surface area contributed by atoms with Crippen molar-refractivity contribution in [2.24, 2.45) is 0 Å². The van der Waals surface area contributed by atoms with Crippen LogP contribution in [0.25, 0.3) is 0 Å².